The van der Waals surface area contributed by atoms with Crippen LogP contribution in [0.5, 0.6) is 0 Å². The second kappa shape index (κ2) is 12.8. The summed E-state index contributed by atoms with van der Waals surface area (Å²) in [4.78, 5) is 24.3. The van der Waals surface area contributed by atoms with E-state index in [1.54, 1.807) is 12.1 Å². The number of rotatable bonds is 12. The van der Waals surface area contributed by atoms with Crippen LogP contribution in [0.3, 0.4) is 0 Å². The molecule has 0 bridgehead atoms. The van der Waals surface area contributed by atoms with Crippen LogP contribution in [0.1, 0.15) is 64.6 Å². The van der Waals surface area contributed by atoms with Crippen molar-refractivity contribution in [2.24, 2.45) is 0 Å². The van der Waals surface area contributed by atoms with Crippen LogP contribution in [0.25, 0.3) is 0 Å². The topological polar surface area (TPSA) is 100 Å². The summed E-state index contributed by atoms with van der Waals surface area (Å²) in [6.45, 7) is 6.67. The molecule has 1 aromatic heterocycles. The molecule has 4 rings (SSSR count). The Balaban J connectivity index is 1.62. The molecule has 0 spiro atoms. The number of ketones is 1. The SMILES string of the molecule is Cc1ccc(N[S+]([O-])Cc2cc(C(=O)CCc3cccc([N+](=O)[O-])c3)c(C(C)C)n2Cc2ccccc2)cc1. The molecule has 0 amide bonds. The Morgan fingerprint density at radius 2 is 1.67 bits per heavy atom. The van der Waals surface area contributed by atoms with E-state index >= 15 is 0 Å². The van der Waals surface area contributed by atoms with Crippen molar-refractivity contribution in [2.75, 3.05) is 4.72 Å². The summed E-state index contributed by atoms with van der Waals surface area (Å²) in [5, 5.41) is 11.1. The zero-order valence-electron chi connectivity index (χ0n) is 22.4. The van der Waals surface area contributed by atoms with Gasteiger partial charge in [-0.2, -0.15) is 0 Å². The van der Waals surface area contributed by atoms with Gasteiger partial charge in [0.25, 0.3) is 5.69 Å². The number of Topliss-reactive ketones (excluding diaryl/α,β-unsaturated/α-hetero) is 1. The molecule has 0 aliphatic rings. The first kappa shape index (κ1) is 28.1. The van der Waals surface area contributed by atoms with Crippen LogP contribution in [-0.2, 0) is 30.1 Å². The van der Waals surface area contributed by atoms with E-state index in [0.29, 0.717) is 18.5 Å². The molecule has 1 heterocycles. The molecule has 1 atom stereocenters. The molecule has 0 fully saturated rings. The zero-order valence-corrected chi connectivity index (χ0v) is 23.2. The van der Waals surface area contributed by atoms with Crippen LogP contribution < -0.4 is 4.72 Å². The molecule has 0 saturated heterocycles. The monoisotopic (exact) mass is 543 g/mol. The molecule has 7 nitrogen and oxygen atoms in total. The largest absolute Gasteiger partial charge is 0.593 e. The van der Waals surface area contributed by atoms with Gasteiger partial charge in [-0.15, -0.1) is 0 Å². The van der Waals surface area contributed by atoms with E-state index in [2.05, 4.69) is 23.1 Å². The molecular formula is C31H33N3O4S. The number of aromatic nitrogens is 1. The number of benzene rings is 3. The number of anilines is 1. The van der Waals surface area contributed by atoms with Gasteiger partial charge in [0.1, 0.15) is 0 Å². The third-order valence-electron chi connectivity index (χ3n) is 6.58. The molecule has 0 saturated carbocycles. The number of carbonyl (C=O) groups is 1. The van der Waals surface area contributed by atoms with E-state index in [1.807, 2.05) is 67.6 Å². The second-order valence-electron chi connectivity index (χ2n) is 9.97. The fourth-order valence-electron chi connectivity index (χ4n) is 4.68. The highest BCUT2D eigenvalue weighted by atomic mass is 32.2. The van der Waals surface area contributed by atoms with Crippen molar-refractivity contribution < 1.29 is 14.3 Å². The van der Waals surface area contributed by atoms with Crippen molar-refractivity contribution in [3.05, 3.63) is 129 Å². The van der Waals surface area contributed by atoms with Gasteiger partial charge < -0.3 is 9.12 Å². The standard InChI is InChI=1S/C31H33N3O4S/c1-22(2)31-29(30(35)17-14-24-10-7-11-27(18-24)34(36)37)19-28(33(31)20-25-8-5-4-6-9-25)21-39(38)32-26-15-12-23(3)13-16-26/h4-13,15-16,18-19,22,32H,14,17,20-21H2,1-3H3. The molecule has 4 aromatic rings. The van der Waals surface area contributed by atoms with Gasteiger partial charge >= 0.3 is 0 Å². The van der Waals surface area contributed by atoms with Gasteiger partial charge in [-0.05, 0) is 48.6 Å². The fourth-order valence-corrected chi connectivity index (χ4v) is 5.66. The normalized spacial score (nSPS) is 11.9. The molecule has 1 unspecified atom stereocenters. The quantitative estimate of drug-likeness (QED) is 0.0900. The van der Waals surface area contributed by atoms with Crippen molar-refractivity contribution in [1.82, 2.24) is 4.57 Å². The van der Waals surface area contributed by atoms with Crippen LogP contribution in [0, 0.1) is 17.0 Å². The number of carbonyl (C=O) groups excluding carboxylic acids is 1. The Morgan fingerprint density at radius 3 is 2.33 bits per heavy atom. The summed E-state index contributed by atoms with van der Waals surface area (Å²) in [5.41, 5.74) is 6.09. The first-order valence-electron chi connectivity index (χ1n) is 13.0. The molecule has 8 heteroatoms. The third-order valence-corrected chi connectivity index (χ3v) is 7.60. The predicted molar refractivity (Wildman–Crippen MR) is 156 cm³/mol. The Bertz CT molecular complexity index is 1430. The summed E-state index contributed by atoms with van der Waals surface area (Å²) in [7, 11) is 0. The molecule has 0 aliphatic heterocycles. The Labute approximate surface area is 232 Å². The summed E-state index contributed by atoms with van der Waals surface area (Å²) in [6.07, 6.45) is 0.624. The van der Waals surface area contributed by atoms with Gasteiger partial charge in [-0.3, -0.25) is 14.9 Å². The molecular weight excluding hydrogens is 510 g/mol. The van der Waals surface area contributed by atoms with Crippen LogP contribution in [0.15, 0.2) is 84.9 Å². The molecule has 39 heavy (non-hydrogen) atoms. The number of nitrogens with one attached hydrogen (secondary N) is 1. The van der Waals surface area contributed by atoms with Crippen LogP contribution >= 0.6 is 0 Å². The van der Waals surface area contributed by atoms with Crippen molar-refractivity contribution in [3.8, 4) is 0 Å². The average Bonchev–Trinajstić information content (AvgIpc) is 3.27. The maximum atomic E-state index is 13.6. The van der Waals surface area contributed by atoms with Gasteiger partial charge in [0.2, 0.25) is 0 Å². The lowest BCUT2D eigenvalue weighted by atomic mass is 9.98. The van der Waals surface area contributed by atoms with Crippen molar-refractivity contribution in [3.63, 3.8) is 0 Å². The third kappa shape index (κ3) is 7.37. The van der Waals surface area contributed by atoms with Crippen molar-refractivity contribution in [2.45, 2.75) is 51.8 Å². The Morgan fingerprint density at radius 1 is 0.974 bits per heavy atom. The first-order valence-corrected chi connectivity index (χ1v) is 14.3. The molecule has 0 aliphatic carbocycles. The van der Waals surface area contributed by atoms with E-state index in [9.17, 15) is 19.5 Å². The fraction of sp³-hybridized carbons (Fsp3) is 0.258. The highest BCUT2D eigenvalue weighted by molar-refractivity contribution is 7.91. The van der Waals surface area contributed by atoms with E-state index < -0.39 is 16.3 Å². The smallest absolute Gasteiger partial charge is 0.269 e. The van der Waals surface area contributed by atoms with E-state index in [1.165, 1.54) is 12.1 Å². The molecule has 3 aromatic carbocycles. The maximum Gasteiger partial charge on any atom is 0.269 e. The van der Waals surface area contributed by atoms with Gasteiger partial charge in [-0.25, -0.2) is 4.72 Å². The second-order valence-corrected chi connectivity index (χ2v) is 11.2. The number of aryl methyl sites for hydroxylation is 2. The molecule has 1 N–H and O–H groups in total. The van der Waals surface area contributed by atoms with Crippen molar-refractivity contribution >= 4 is 28.5 Å². The highest BCUT2D eigenvalue weighted by Gasteiger charge is 2.25. The van der Waals surface area contributed by atoms with Crippen LogP contribution in [-0.4, -0.2) is 19.8 Å². The lowest BCUT2D eigenvalue weighted by molar-refractivity contribution is -0.384. The predicted octanol–water partition coefficient (Wildman–Crippen LogP) is 6.97. The maximum absolute atomic E-state index is 13.6. The average molecular weight is 544 g/mol. The number of nitro benzene ring substituents is 1. The minimum absolute atomic E-state index is 0.0164. The minimum atomic E-state index is -1.40. The Hall–Kier alpha value is -3.88. The number of non-ortho nitro benzene ring substituents is 1. The number of nitrogens with zero attached hydrogens (tertiary/aromatic N) is 2. The number of hydrogen-bond donors (Lipinski definition) is 1. The molecule has 202 valence electrons. The first-order chi connectivity index (χ1) is 18.7. The zero-order chi connectivity index (χ0) is 27.9. The van der Waals surface area contributed by atoms with Crippen LogP contribution in [0.2, 0.25) is 0 Å². The summed E-state index contributed by atoms with van der Waals surface area (Å²) in [6, 6.07) is 26.0. The Kier molecular flexibility index (Phi) is 9.22. The number of hydrogen-bond acceptors (Lipinski definition) is 5. The van der Waals surface area contributed by atoms with E-state index in [-0.39, 0.29) is 29.6 Å². The van der Waals surface area contributed by atoms with E-state index in [4.69, 9.17) is 0 Å². The van der Waals surface area contributed by atoms with Crippen molar-refractivity contribution in [1.29, 1.82) is 0 Å². The lowest BCUT2D eigenvalue weighted by Gasteiger charge is -2.18. The summed E-state index contributed by atoms with van der Waals surface area (Å²) in [5.74, 6) is 0.256. The van der Waals surface area contributed by atoms with E-state index in [0.717, 1.165) is 33.8 Å². The number of nitro groups is 1. The molecule has 0 radical (unpaired) electrons. The van der Waals surface area contributed by atoms with Gasteiger partial charge in [0.05, 0.1) is 27.7 Å². The van der Waals surface area contributed by atoms with Gasteiger partial charge in [0.15, 0.2) is 11.5 Å². The minimum Gasteiger partial charge on any atom is -0.593 e. The van der Waals surface area contributed by atoms with Crippen LogP contribution in [0.4, 0.5) is 11.4 Å². The van der Waals surface area contributed by atoms with Gasteiger partial charge in [-0.1, -0.05) is 74.0 Å². The summed E-state index contributed by atoms with van der Waals surface area (Å²) < 4.78 is 18.4. The van der Waals surface area contributed by atoms with Gasteiger partial charge in [0, 0.05) is 36.4 Å². The summed E-state index contributed by atoms with van der Waals surface area (Å²) >= 11 is -1.40. The highest BCUT2D eigenvalue weighted by Crippen LogP contribution is 2.29. The lowest BCUT2D eigenvalue weighted by Crippen LogP contribution is -2.19.